The largest absolute Gasteiger partial charge is 0.326 e. The minimum absolute atomic E-state index is 0.148. The first kappa shape index (κ1) is 11.1. The van der Waals surface area contributed by atoms with Crippen molar-refractivity contribution in [3.05, 3.63) is 35.4 Å². The van der Waals surface area contributed by atoms with Crippen LogP contribution >= 0.6 is 0 Å². The maximum absolute atomic E-state index is 9.11. The molecule has 1 aliphatic rings. The summed E-state index contributed by atoms with van der Waals surface area (Å²) in [5, 5.41) is 9.11. The molecule has 0 radical (unpaired) electrons. The van der Waals surface area contributed by atoms with Crippen molar-refractivity contribution in [1.29, 1.82) is 5.26 Å². The quantitative estimate of drug-likeness (QED) is 0.816. The van der Waals surface area contributed by atoms with E-state index in [1.54, 1.807) is 0 Å². The molecule has 16 heavy (non-hydrogen) atoms. The summed E-state index contributed by atoms with van der Waals surface area (Å²) in [6.45, 7) is 4.15. The number of benzene rings is 1. The highest BCUT2D eigenvalue weighted by Crippen LogP contribution is 2.32. The highest BCUT2D eigenvalue weighted by molar-refractivity contribution is 5.40. The van der Waals surface area contributed by atoms with E-state index in [1.165, 1.54) is 0 Å². The molecule has 1 fully saturated rings. The van der Waals surface area contributed by atoms with Gasteiger partial charge in [0, 0.05) is 12.6 Å². The Morgan fingerprint density at radius 1 is 1.50 bits per heavy atom. The molecule has 1 saturated heterocycles. The first-order valence-electron chi connectivity index (χ1n) is 5.76. The van der Waals surface area contributed by atoms with Gasteiger partial charge in [-0.25, -0.2) is 0 Å². The van der Waals surface area contributed by atoms with Crippen LogP contribution in [0.3, 0.4) is 0 Å². The van der Waals surface area contributed by atoms with Crippen LogP contribution in [0.1, 0.15) is 30.5 Å². The van der Waals surface area contributed by atoms with Crippen LogP contribution in [0.5, 0.6) is 0 Å². The SMILES string of the molecule is CCN1CCC(N)C1c1ccccc1C#N. The van der Waals surface area contributed by atoms with Crippen LogP contribution in [0.2, 0.25) is 0 Å². The molecule has 2 atom stereocenters. The summed E-state index contributed by atoms with van der Waals surface area (Å²) in [5.41, 5.74) is 7.98. The Balaban J connectivity index is 2.39. The molecule has 0 amide bonds. The van der Waals surface area contributed by atoms with Gasteiger partial charge in [0.05, 0.1) is 17.7 Å². The van der Waals surface area contributed by atoms with Gasteiger partial charge < -0.3 is 5.73 Å². The van der Waals surface area contributed by atoms with E-state index in [9.17, 15) is 0 Å². The fraction of sp³-hybridized carbons (Fsp3) is 0.462. The lowest BCUT2D eigenvalue weighted by Gasteiger charge is -2.26. The first-order valence-corrected chi connectivity index (χ1v) is 5.76. The number of nitrogens with two attached hydrogens (primary N) is 1. The van der Waals surface area contributed by atoms with Crippen molar-refractivity contribution >= 4 is 0 Å². The second-order valence-corrected chi connectivity index (χ2v) is 4.23. The third kappa shape index (κ3) is 1.82. The van der Waals surface area contributed by atoms with Gasteiger partial charge in [-0.3, -0.25) is 4.90 Å². The molecule has 3 nitrogen and oxygen atoms in total. The van der Waals surface area contributed by atoms with Gasteiger partial charge in [-0.15, -0.1) is 0 Å². The number of hydrogen-bond donors (Lipinski definition) is 1. The van der Waals surface area contributed by atoms with Crippen LogP contribution in [-0.2, 0) is 0 Å². The molecule has 1 aliphatic heterocycles. The number of nitrogens with zero attached hydrogens (tertiary/aromatic N) is 2. The van der Waals surface area contributed by atoms with Gasteiger partial charge in [-0.2, -0.15) is 5.26 Å². The van der Waals surface area contributed by atoms with E-state index in [-0.39, 0.29) is 12.1 Å². The van der Waals surface area contributed by atoms with Gasteiger partial charge >= 0.3 is 0 Å². The molecule has 0 bridgehead atoms. The monoisotopic (exact) mass is 215 g/mol. The predicted octanol–water partition coefficient (Wildman–Crippen LogP) is 1.65. The maximum Gasteiger partial charge on any atom is 0.0995 e. The molecule has 84 valence electrons. The van der Waals surface area contributed by atoms with Gasteiger partial charge in [-0.1, -0.05) is 25.1 Å². The zero-order valence-electron chi connectivity index (χ0n) is 9.56. The molecule has 1 aromatic rings. The number of rotatable bonds is 2. The van der Waals surface area contributed by atoms with Crippen molar-refractivity contribution in [2.45, 2.75) is 25.4 Å². The Kier molecular flexibility index (Phi) is 3.23. The minimum atomic E-state index is 0.148. The molecule has 2 unspecified atom stereocenters. The molecular formula is C13H17N3. The van der Waals surface area contributed by atoms with Crippen LogP contribution in [0, 0.1) is 11.3 Å². The molecule has 2 N–H and O–H groups in total. The predicted molar refractivity (Wildman–Crippen MR) is 63.7 cm³/mol. The van der Waals surface area contributed by atoms with E-state index < -0.39 is 0 Å². The summed E-state index contributed by atoms with van der Waals surface area (Å²) in [6, 6.07) is 10.4. The van der Waals surface area contributed by atoms with E-state index in [4.69, 9.17) is 11.0 Å². The number of nitriles is 1. The lowest BCUT2D eigenvalue weighted by Crippen LogP contribution is -2.32. The lowest BCUT2D eigenvalue weighted by molar-refractivity contribution is 0.261. The fourth-order valence-electron chi connectivity index (χ4n) is 2.52. The van der Waals surface area contributed by atoms with E-state index in [0.717, 1.165) is 30.6 Å². The van der Waals surface area contributed by atoms with Crippen molar-refractivity contribution in [2.24, 2.45) is 5.73 Å². The topological polar surface area (TPSA) is 53.0 Å². The summed E-state index contributed by atoms with van der Waals surface area (Å²) < 4.78 is 0. The first-order chi connectivity index (χ1) is 7.77. The van der Waals surface area contributed by atoms with Crippen molar-refractivity contribution in [3.63, 3.8) is 0 Å². The van der Waals surface area contributed by atoms with Crippen molar-refractivity contribution in [2.75, 3.05) is 13.1 Å². The van der Waals surface area contributed by atoms with Crippen molar-refractivity contribution in [1.82, 2.24) is 4.90 Å². The highest BCUT2D eigenvalue weighted by atomic mass is 15.2. The molecule has 0 saturated carbocycles. The van der Waals surface area contributed by atoms with Crippen LogP contribution in [-0.4, -0.2) is 24.0 Å². The van der Waals surface area contributed by atoms with Crippen LogP contribution in [0.25, 0.3) is 0 Å². The van der Waals surface area contributed by atoms with Gasteiger partial charge in [-0.05, 0) is 24.6 Å². The Hall–Kier alpha value is -1.37. The lowest BCUT2D eigenvalue weighted by atomic mass is 9.96. The number of likely N-dealkylation sites (N-methyl/N-ethyl adjacent to an activating group) is 1. The maximum atomic E-state index is 9.11. The van der Waals surface area contributed by atoms with Crippen molar-refractivity contribution < 1.29 is 0 Å². The van der Waals surface area contributed by atoms with Gasteiger partial charge in [0.25, 0.3) is 0 Å². The van der Waals surface area contributed by atoms with E-state index in [1.807, 2.05) is 24.3 Å². The molecule has 1 aromatic carbocycles. The second kappa shape index (κ2) is 4.65. The van der Waals surface area contributed by atoms with Crippen LogP contribution in [0.15, 0.2) is 24.3 Å². The highest BCUT2D eigenvalue weighted by Gasteiger charge is 2.32. The Morgan fingerprint density at radius 2 is 2.25 bits per heavy atom. The van der Waals surface area contributed by atoms with Gasteiger partial charge in [0.15, 0.2) is 0 Å². The Morgan fingerprint density at radius 3 is 2.94 bits per heavy atom. The van der Waals surface area contributed by atoms with Gasteiger partial charge in [0.2, 0.25) is 0 Å². The minimum Gasteiger partial charge on any atom is -0.326 e. The van der Waals surface area contributed by atoms with E-state index in [0.29, 0.717) is 0 Å². The smallest absolute Gasteiger partial charge is 0.0995 e. The third-order valence-corrected chi connectivity index (χ3v) is 3.35. The normalized spacial score (nSPS) is 25.6. The Bertz CT molecular complexity index is 408. The Labute approximate surface area is 96.5 Å². The molecule has 2 rings (SSSR count). The second-order valence-electron chi connectivity index (χ2n) is 4.23. The zero-order chi connectivity index (χ0) is 11.5. The van der Waals surface area contributed by atoms with Crippen LogP contribution in [0.4, 0.5) is 0 Å². The summed E-state index contributed by atoms with van der Waals surface area (Å²) in [5.74, 6) is 0. The van der Waals surface area contributed by atoms with Crippen LogP contribution < -0.4 is 5.73 Å². The van der Waals surface area contributed by atoms with E-state index >= 15 is 0 Å². The summed E-state index contributed by atoms with van der Waals surface area (Å²) in [4.78, 5) is 2.35. The molecule has 1 heterocycles. The summed E-state index contributed by atoms with van der Waals surface area (Å²) in [6.07, 6.45) is 1.01. The summed E-state index contributed by atoms with van der Waals surface area (Å²) in [7, 11) is 0. The molecule has 3 heteroatoms. The molecule has 0 aromatic heterocycles. The molecular weight excluding hydrogens is 198 g/mol. The molecule has 0 aliphatic carbocycles. The third-order valence-electron chi connectivity index (χ3n) is 3.35. The van der Waals surface area contributed by atoms with Gasteiger partial charge in [0.1, 0.15) is 0 Å². The zero-order valence-corrected chi connectivity index (χ0v) is 9.56. The average Bonchev–Trinajstić information content (AvgIpc) is 2.70. The number of hydrogen-bond acceptors (Lipinski definition) is 3. The standard InChI is InChI=1S/C13H17N3/c1-2-16-8-7-12(15)13(16)11-6-4-3-5-10(11)9-14/h3-6,12-13H,2,7-8,15H2,1H3. The van der Waals surface area contributed by atoms with Crippen molar-refractivity contribution in [3.8, 4) is 6.07 Å². The number of likely N-dealkylation sites (tertiary alicyclic amines) is 1. The summed E-state index contributed by atoms with van der Waals surface area (Å²) >= 11 is 0. The molecule has 0 spiro atoms. The fourth-order valence-corrected chi connectivity index (χ4v) is 2.52. The average molecular weight is 215 g/mol. The van der Waals surface area contributed by atoms with E-state index in [2.05, 4.69) is 17.9 Å².